The quantitative estimate of drug-likeness (QED) is 0.352. The van der Waals surface area contributed by atoms with Crippen molar-refractivity contribution in [2.24, 2.45) is 0 Å². The molecule has 0 aromatic heterocycles. The fraction of sp³-hybridized carbons (Fsp3) is 0.174. The molecule has 1 fully saturated rings. The molecule has 1 saturated heterocycles. The third-order valence-corrected chi connectivity index (χ3v) is 7.92. The molecule has 2 aliphatic rings. The maximum atomic E-state index is 13.1. The molecular weight excluding hydrogens is 409 g/mol. The molecule has 0 unspecified atom stereocenters. The number of hydrogen-bond donors (Lipinski definition) is 0. The topological polar surface area (TPSA) is 20.3 Å². The minimum absolute atomic E-state index is 0.109. The van der Waals surface area contributed by atoms with Crippen LogP contribution in [0.4, 0.5) is 5.69 Å². The Hall–Kier alpha value is -1.94. The van der Waals surface area contributed by atoms with Crippen LogP contribution in [-0.4, -0.2) is 10.2 Å². The number of alkyl halides is 2. The predicted octanol–water partition coefficient (Wildman–Crippen LogP) is 6.34. The first kappa shape index (κ1) is 18.1. The zero-order chi connectivity index (χ0) is 19.4. The molecule has 0 aliphatic carbocycles. The first-order chi connectivity index (χ1) is 13.6. The van der Waals surface area contributed by atoms with E-state index in [1.807, 2.05) is 71.6 Å². The molecule has 5 heteroatoms. The normalized spacial score (nSPS) is 25.3. The van der Waals surface area contributed by atoms with E-state index in [9.17, 15) is 4.79 Å². The van der Waals surface area contributed by atoms with E-state index in [0.717, 1.165) is 16.1 Å². The highest BCUT2D eigenvalue weighted by Crippen LogP contribution is 2.65. The molecule has 2 atom stereocenters. The Morgan fingerprint density at radius 1 is 0.857 bits per heavy atom. The molecular formula is C23H17Cl2NOS. The fourth-order valence-corrected chi connectivity index (χ4v) is 6.39. The Kier molecular flexibility index (Phi) is 4.24. The van der Waals surface area contributed by atoms with Gasteiger partial charge < -0.3 is 0 Å². The average molecular weight is 426 g/mol. The Bertz CT molecular complexity index is 1040. The van der Waals surface area contributed by atoms with Gasteiger partial charge in [-0.3, -0.25) is 9.69 Å². The van der Waals surface area contributed by atoms with E-state index in [4.69, 9.17) is 23.2 Å². The van der Waals surface area contributed by atoms with Gasteiger partial charge in [-0.05, 0) is 29.7 Å². The van der Waals surface area contributed by atoms with E-state index in [1.54, 1.807) is 11.8 Å². The van der Waals surface area contributed by atoms with Crippen LogP contribution in [-0.2, 0) is 10.3 Å². The Balaban J connectivity index is 1.77. The van der Waals surface area contributed by atoms with Crippen LogP contribution >= 0.6 is 35.0 Å². The number of benzene rings is 3. The molecule has 0 radical (unpaired) electrons. The highest BCUT2D eigenvalue weighted by Gasteiger charge is 2.72. The highest BCUT2D eigenvalue weighted by atomic mass is 35.5. The number of carbonyl (C=O) groups is 1. The second-order valence-electron chi connectivity index (χ2n) is 7.13. The van der Waals surface area contributed by atoms with Crippen LogP contribution in [0.25, 0.3) is 0 Å². The van der Waals surface area contributed by atoms with Crippen LogP contribution in [0.2, 0.25) is 0 Å². The predicted molar refractivity (Wildman–Crippen MR) is 116 cm³/mol. The molecule has 28 heavy (non-hydrogen) atoms. The van der Waals surface area contributed by atoms with E-state index in [-0.39, 0.29) is 11.2 Å². The zero-order valence-electron chi connectivity index (χ0n) is 14.9. The van der Waals surface area contributed by atoms with Crippen molar-refractivity contribution in [2.45, 2.75) is 26.4 Å². The van der Waals surface area contributed by atoms with E-state index in [1.165, 1.54) is 5.56 Å². The zero-order valence-corrected chi connectivity index (χ0v) is 17.2. The summed E-state index contributed by atoms with van der Waals surface area (Å²) in [7, 11) is 0. The molecule has 2 aliphatic heterocycles. The Morgan fingerprint density at radius 2 is 1.46 bits per heavy atom. The maximum Gasteiger partial charge on any atom is 0.267 e. The van der Waals surface area contributed by atoms with Gasteiger partial charge >= 0.3 is 0 Å². The number of carbonyl (C=O) groups excluding carboxylic acids is 1. The summed E-state index contributed by atoms with van der Waals surface area (Å²) in [6.07, 6.45) is 0.624. The first-order valence-electron chi connectivity index (χ1n) is 9.14. The van der Waals surface area contributed by atoms with Crippen LogP contribution in [0.5, 0.6) is 0 Å². The largest absolute Gasteiger partial charge is 0.295 e. The summed E-state index contributed by atoms with van der Waals surface area (Å²) in [5.41, 5.74) is 2.20. The molecule has 2 heterocycles. The van der Waals surface area contributed by atoms with Crippen molar-refractivity contribution in [3.8, 4) is 0 Å². The molecule has 3 aromatic carbocycles. The van der Waals surface area contributed by atoms with Crippen molar-refractivity contribution in [3.05, 3.63) is 96.1 Å². The lowest BCUT2D eigenvalue weighted by molar-refractivity contribution is -0.129. The van der Waals surface area contributed by atoms with E-state index in [0.29, 0.717) is 6.42 Å². The van der Waals surface area contributed by atoms with Crippen molar-refractivity contribution in [1.82, 2.24) is 0 Å². The van der Waals surface area contributed by atoms with Crippen molar-refractivity contribution in [1.29, 1.82) is 0 Å². The van der Waals surface area contributed by atoms with Crippen molar-refractivity contribution in [3.63, 3.8) is 0 Å². The summed E-state index contributed by atoms with van der Waals surface area (Å²) in [5, 5.41) is 0.109. The summed E-state index contributed by atoms with van der Waals surface area (Å²) >= 11 is 15.3. The van der Waals surface area contributed by atoms with Crippen molar-refractivity contribution < 1.29 is 4.79 Å². The van der Waals surface area contributed by atoms with Gasteiger partial charge in [0.25, 0.3) is 5.91 Å². The summed E-state index contributed by atoms with van der Waals surface area (Å²) in [4.78, 5) is 16.0. The number of halogens is 2. The third kappa shape index (κ3) is 2.40. The monoisotopic (exact) mass is 425 g/mol. The lowest BCUT2D eigenvalue weighted by Crippen LogP contribution is -2.76. The fourth-order valence-electron chi connectivity index (χ4n) is 4.31. The number of fused-ring (bicyclic) bond motifs is 3. The molecule has 0 N–H and O–H groups in total. The maximum absolute atomic E-state index is 13.1. The number of β-lactam (4-membered cyclic amide) rings is 1. The van der Waals surface area contributed by atoms with E-state index < -0.39 is 9.87 Å². The molecule has 1 amide bonds. The standard InChI is InChI=1S/C23H17Cl2NOS/c24-23(25)21(27)26-18-13-7-8-14-19(18)28-20(16-9-3-1-4-10-16)15-22(23,26)17-11-5-2-6-12-17/h1-14,20H,15H2/t20-,22+/m0/s1. The molecule has 5 rings (SSSR count). The van der Waals surface area contributed by atoms with Gasteiger partial charge in [-0.15, -0.1) is 11.8 Å². The van der Waals surface area contributed by atoms with Gasteiger partial charge in [0.1, 0.15) is 5.54 Å². The highest BCUT2D eigenvalue weighted by molar-refractivity contribution is 7.99. The summed E-state index contributed by atoms with van der Waals surface area (Å²) < 4.78 is -1.51. The van der Waals surface area contributed by atoms with Gasteiger partial charge in [-0.1, -0.05) is 96.0 Å². The average Bonchev–Trinajstić information content (AvgIpc) is 2.89. The number of amides is 1. The van der Waals surface area contributed by atoms with Crippen LogP contribution in [0.15, 0.2) is 89.8 Å². The molecule has 0 spiro atoms. The van der Waals surface area contributed by atoms with Gasteiger partial charge in [0.2, 0.25) is 4.33 Å². The lowest BCUT2D eigenvalue weighted by atomic mass is 9.72. The number of para-hydroxylation sites is 1. The molecule has 0 bridgehead atoms. The van der Waals surface area contributed by atoms with Gasteiger partial charge in [0, 0.05) is 10.1 Å². The Morgan fingerprint density at radius 3 is 2.18 bits per heavy atom. The first-order valence-corrected chi connectivity index (χ1v) is 10.8. The smallest absolute Gasteiger partial charge is 0.267 e. The van der Waals surface area contributed by atoms with Crippen molar-refractivity contribution in [2.75, 3.05) is 4.90 Å². The molecule has 3 aromatic rings. The number of nitrogens with zero attached hydrogens (tertiary/aromatic N) is 1. The lowest BCUT2D eigenvalue weighted by Gasteiger charge is -2.59. The van der Waals surface area contributed by atoms with Gasteiger partial charge in [0.15, 0.2) is 0 Å². The van der Waals surface area contributed by atoms with E-state index >= 15 is 0 Å². The molecule has 140 valence electrons. The number of anilines is 1. The Labute approximate surface area is 178 Å². The number of hydrogen-bond acceptors (Lipinski definition) is 2. The van der Waals surface area contributed by atoms with Crippen LogP contribution in [0.1, 0.15) is 22.8 Å². The second kappa shape index (κ2) is 6.55. The SMILES string of the molecule is O=C1N2c3ccccc3S[C@H](c3ccccc3)C[C@@]2(c2ccccc2)C1(Cl)Cl. The minimum Gasteiger partial charge on any atom is -0.295 e. The summed E-state index contributed by atoms with van der Waals surface area (Å²) in [6, 6.07) is 28.3. The van der Waals surface area contributed by atoms with Crippen LogP contribution in [0.3, 0.4) is 0 Å². The number of thioether (sulfide) groups is 1. The van der Waals surface area contributed by atoms with Gasteiger partial charge in [-0.25, -0.2) is 0 Å². The van der Waals surface area contributed by atoms with E-state index in [2.05, 4.69) is 18.2 Å². The van der Waals surface area contributed by atoms with Gasteiger partial charge in [-0.2, -0.15) is 0 Å². The van der Waals surface area contributed by atoms with Crippen molar-refractivity contribution >= 4 is 46.6 Å². The second-order valence-corrected chi connectivity index (χ2v) is 9.70. The molecule has 2 nitrogen and oxygen atoms in total. The summed E-state index contributed by atoms with van der Waals surface area (Å²) in [6.45, 7) is 0. The van der Waals surface area contributed by atoms with Gasteiger partial charge in [0.05, 0.1) is 5.69 Å². The summed E-state index contributed by atoms with van der Waals surface area (Å²) in [5.74, 6) is -0.263. The minimum atomic E-state index is -1.51. The molecule has 0 saturated carbocycles. The van der Waals surface area contributed by atoms with Crippen LogP contribution in [0, 0.1) is 0 Å². The third-order valence-electron chi connectivity index (χ3n) is 5.65. The van der Waals surface area contributed by atoms with Crippen LogP contribution < -0.4 is 4.90 Å². The number of rotatable bonds is 2.